The molecule has 0 aliphatic heterocycles. The van der Waals surface area contributed by atoms with Crippen LogP contribution in [0, 0.1) is 12.4 Å². The molecule has 15 heavy (non-hydrogen) atoms. The van der Waals surface area contributed by atoms with E-state index in [0.717, 1.165) is 11.8 Å². The molecule has 0 aliphatic carbocycles. The largest absolute Gasteiger partial charge is 0.228 e. The van der Waals surface area contributed by atoms with Crippen LogP contribution < -0.4 is 4.72 Å². The van der Waals surface area contributed by atoms with Crippen LogP contribution >= 0.6 is 0 Å². The molecule has 1 aromatic heterocycles. The number of pyridine rings is 1. The molecule has 0 aliphatic rings. The third-order valence-electron chi connectivity index (χ3n) is 1.64. The topological polar surface area (TPSA) is 59.1 Å². The maximum atomic E-state index is 12.4. The van der Waals surface area contributed by atoms with Crippen LogP contribution in [0.15, 0.2) is 18.3 Å². The Hall–Kier alpha value is -1.01. The van der Waals surface area contributed by atoms with Gasteiger partial charge in [0.25, 0.3) is 0 Å². The van der Waals surface area contributed by atoms with Gasteiger partial charge in [0.05, 0.1) is 6.26 Å². The third-order valence-corrected chi connectivity index (χ3v) is 2.37. The zero-order valence-electron chi connectivity index (χ0n) is 8.27. The van der Waals surface area contributed by atoms with Gasteiger partial charge in [-0.05, 0) is 24.5 Å². The average Bonchev–Trinajstić information content (AvgIpc) is 2.14. The molecule has 0 saturated carbocycles. The first-order chi connectivity index (χ1) is 6.97. The van der Waals surface area contributed by atoms with Gasteiger partial charge >= 0.3 is 0 Å². The Balaban J connectivity index is 2.29. The van der Waals surface area contributed by atoms with E-state index in [9.17, 15) is 12.8 Å². The van der Waals surface area contributed by atoms with Crippen molar-refractivity contribution in [2.45, 2.75) is 6.42 Å². The fourth-order valence-corrected chi connectivity index (χ4v) is 1.48. The van der Waals surface area contributed by atoms with Crippen LogP contribution in [0.1, 0.15) is 12.0 Å². The summed E-state index contributed by atoms with van der Waals surface area (Å²) in [6.07, 6.45) is 4.83. The molecular weight excluding hydrogens is 219 g/mol. The molecule has 0 atom stereocenters. The molecule has 0 fully saturated rings. The zero-order chi connectivity index (χ0) is 11.3. The molecule has 1 aromatic rings. The van der Waals surface area contributed by atoms with E-state index in [1.807, 2.05) is 0 Å². The summed E-state index contributed by atoms with van der Waals surface area (Å²) >= 11 is 0. The first-order valence-electron chi connectivity index (χ1n) is 4.37. The highest BCUT2D eigenvalue weighted by Gasteiger charge is 2.00. The summed E-state index contributed by atoms with van der Waals surface area (Å²) in [5.74, 6) is -0.526. The molecule has 0 saturated heterocycles. The van der Waals surface area contributed by atoms with Crippen LogP contribution in [0.2, 0.25) is 0 Å². The summed E-state index contributed by atoms with van der Waals surface area (Å²) in [4.78, 5) is 3.47. The Morgan fingerprint density at radius 2 is 2.27 bits per heavy atom. The molecule has 0 unspecified atom stereocenters. The van der Waals surface area contributed by atoms with Crippen LogP contribution in [0.25, 0.3) is 0 Å². The second-order valence-corrected chi connectivity index (χ2v) is 4.91. The summed E-state index contributed by atoms with van der Waals surface area (Å²) in [5, 5.41) is 0. The van der Waals surface area contributed by atoms with Crippen molar-refractivity contribution in [3.05, 3.63) is 36.3 Å². The minimum atomic E-state index is -3.13. The van der Waals surface area contributed by atoms with Crippen molar-refractivity contribution in [1.82, 2.24) is 9.71 Å². The second-order valence-electron chi connectivity index (χ2n) is 3.07. The molecule has 0 bridgehead atoms. The number of aromatic nitrogens is 1. The first-order valence-corrected chi connectivity index (χ1v) is 6.26. The molecule has 6 heteroatoms. The number of rotatable bonds is 5. The van der Waals surface area contributed by atoms with Crippen LogP contribution in [-0.2, 0) is 10.0 Å². The Morgan fingerprint density at radius 3 is 2.80 bits per heavy atom. The van der Waals surface area contributed by atoms with Gasteiger partial charge in [0.1, 0.15) is 0 Å². The predicted octanol–water partition coefficient (Wildman–Crippen LogP) is 0.712. The summed E-state index contributed by atoms with van der Waals surface area (Å²) in [7, 11) is -3.13. The first kappa shape index (κ1) is 12.1. The van der Waals surface area contributed by atoms with Crippen molar-refractivity contribution in [1.29, 1.82) is 0 Å². The summed E-state index contributed by atoms with van der Waals surface area (Å²) in [6.45, 7) is 0.330. The van der Waals surface area contributed by atoms with Crippen molar-refractivity contribution in [3.63, 3.8) is 0 Å². The fraction of sp³-hybridized carbons (Fsp3) is 0.333. The van der Waals surface area contributed by atoms with Gasteiger partial charge < -0.3 is 0 Å². The van der Waals surface area contributed by atoms with E-state index in [1.54, 1.807) is 12.5 Å². The lowest BCUT2D eigenvalue weighted by atomic mass is 10.2. The lowest BCUT2D eigenvalue weighted by Crippen LogP contribution is -2.22. The highest BCUT2D eigenvalue weighted by Crippen LogP contribution is 2.04. The van der Waals surface area contributed by atoms with E-state index in [1.165, 1.54) is 12.3 Å². The standard InChI is InChI=1S/C9H12FN2O2S/c1-15(13,14)12-6-2-3-8-4-5-9(10)11-7-8/h3-5,7,12H,2,6H2,1H3. The minimum Gasteiger partial charge on any atom is -0.228 e. The lowest BCUT2D eigenvalue weighted by Gasteiger charge is -2.01. The summed E-state index contributed by atoms with van der Waals surface area (Å²) in [5.41, 5.74) is 0.770. The average molecular weight is 231 g/mol. The van der Waals surface area contributed by atoms with Gasteiger partial charge in [0.15, 0.2) is 0 Å². The maximum Gasteiger partial charge on any atom is 0.212 e. The molecule has 0 amide bonds. The van der Waals surface area contributed by atoms with Crippen molar-refractivity contribution in [2.24, 2.45) is 0 Å². The molecule has 1 heterocycles. The van der Waals surface area contributed by atoms with E-state index in [4.69, 9.17) is 0 Å². The van der Waals surface area contributed by atoms with Crippen molar-refractivity contribution < 1.29 is 12.8 Å². The summed E-state index contributed by atoms with van der Waals surface area (Å²) in [6, 6.07) is 2.85. The fourth-order valence-electron chi connectivity index (χ4n) is 0.991. The number of nitrogens with one attached hydrogen (secondary N) is 1. The van der Waals surface area contributed by atoms with Crippen LogP contribution in [0.4, 0.5) is 4.39 Å². The van der Waals surface area contributed by atoms with E-state index in [0.29, 0.717) is 13.0 Å². The Kier molecular flexibility index (Phi) is 4.16. The van der Waals surface area contributed by atoms with Gasteiger partial charge in [-0.15, -0.1) is 0 Å². The quantitative estimate of drug-likeness (QED) is 0.600. The van der Waals surface area contributed by atoms with Gasteiger partial charge in [-0.2, -0.15) is 4.39 Å². The number of halogens is 1. The molecule has 1 rings (SSSR count). The predicted molar refractivity (Wildman–Crippen MR) is 55.1 cm³/mol. The SMILES string of the molecule is CS(=O)(=O)NCC[CH]c1ccc(F)nc1. The number of nitrogens with zero attached hydrogens (tertiary/aromatic N) is 1. The molecule has 0 spiro atoms. The van der Waals surface area contributed by atoms with E-state index in [-0.39, 0.29) is 0 Å². The third kappa shape index (κ3) is 5.44. The van der Waals surface area contributed by atoms with E-state index in [2.05, 4.69) is 9.71 Å². The van der Waals surface area contributed by atoms with Crippen molar-refractivity contribution in [3.8, 4) is 0 Å². The van der Waals surface area contributed by atoms with Gasteiger partial charge in [0, 0.05) is 12.7 Å². The Bertz CT molecular complexity index is 403. The molecule has 1 N–H and O–H groups in total. The minimum absolute atomic E-state index is 0.330. The molecule has 83 valence electrons. The van der Waals surface area contributed by atoms with Gasteiger partial charge in [-0.25, -0.2) is 18.1 Å². The molecule has 0 aromatic carbocycles. The smallest absolute Gasteiger partial charge is 0.212 e. The number of hydrogen-bond acceptors (Lipinski definition) is 3. The maximum absolute atomic E-state index is 12.4. The molecule has 1 radical (unpaired) electrons. The van der Waals surface area contributed by atoms with Crippen molar-refractivity contribution in [2.75, 3.05) is 12.8 Å². The molecular formula is C9H12FN2O2S. The number of sulfonamides is 1. The highest BCUT2D eigenvalue weighted by molar-refractivity contribution is 7.88. The van der Waals surface area contributed by atoms with E-state index >= 15 is 0 Å². The Morgan fingerprint density at radius 1 is 1.53 bits per heavy atom. The lowest BCUT2D eigenvalue weighted by molar-refractivity contribution is 0.583. The van der Waals surface area contributed by atoms with Crippen LogP contribution in [0.3, 0.4) is 0 Å². The number of hydrogen-bond donors (Lipinski definition) is 1. The monoisotopic (exact) mass is 231 g/mol. The highest BCUT2D eigenvalue weighted by atomic mass is 32.2. The van der Waals surface area contributed by atoms with Gasteiger partial charge in [0.2, 0.25) is 16.0 Å². The van der Waals surface area contributed by atoms with Gasteiger partial charge in [-0.1, -0.05) is 6.07 Å². The van der Waals surface area contributed by atoms with Gasteiger partial charge in [-0.3, -0.25) is 0 Å². The normalized spacial score (nSPS) is 11.6. The second kappa shape index (κ2) is 5.18. The van der Waals surface area contributed by atoms with E-state index < -0.39 is 16.0 Å². The van der Waals surface area contributed by atoms with Crippen molar-refractivity contribution >= 4 is 10.0 Å². The van der Waals surface area contributed by atoms with Crippen LogP contribution in [0.5, 0.6) is 0 Å². The molecule has 4 nitrogen and oxygen atoms in total. The zero-order valence-corrected chi connectivity index (χ0v) is 9.09. The summed E-state index contributed by atoms with van der Waals surface area (Å²) < 4.78 is 36.2. The Labute approximate surface area is 88.6 Å². The van der Waals surface area contributed by atoms with Crippen LogP contribution in [-0.4, -0.2) is 26.2 Å².